The number of carboxylic acid groups (broad SMARTS) is 1. The van der Waals surface area contributed by atoms with Gasteiger partial charge in [-0.1, -0.05) is 0 Å². The summed E-state index contributed by atoms with van der Waals surface area (Å²) < 4.78 is 25.6. The summed E-state index contributed by atoms with van der Waals surface area (Å²) in [5.41, 5.74) is 0.337. The third-order valence-corrected chi connectivity index (χ3v) is 2.46. The molecule has 88 valence electrons. The standard InChI is InChI=1S/C10H10ClF2NO2/c1-5-4-14-7(2-8(15)16)9(10(12)13)6(5)3-11/h4,10H,2-3H2,1H3,(H,15,16). The van der Waals surface area contributed by atoms with Gasteiger partial charge in [-0.3, -0.25) is 9.78 Å². The smallest absolute Gasteiger partial charge is 0.309 e. The zero-order chi connectivity index (χ0) is 12.3. The van der Waals surface area contributed by atoms with E-state index in [1.807, 2.05) is 0 Å². The summed E-state index contributed by atoms with van der Waals surface area (Å²) in [6.45, 7) is 1.61. The van der Waals surface area contributed by atoms with E-state index in [0.29, 0.717) is 5.56 Å². The monoisotopic (exact) mass is 249 g/mol. The van der Waals surface area contributed by atoms with Gasteiger partial charge < -0.3 is 5.11 Å². The number of pyridine rings is 1. The maximum atomic E-state index is 12.8. The molecule has 0 bridgehead atoms. The van der Waals surface area contributed by atoms with Crippen molar-refractivity contribution in [3.8, 4) is 0 Å². The molecule has 0 saturated carbocycles. The molecular formula is C10H10ClF2NO2. The van der Waals surface area contributed by atoms with Crippen LogP contribution in [0.1, 0.15) is 28.8 Å². The maximum Gasteiger partial charge on any atom is 0.309 e. The summed E-state index contributed by atoms with van der Waals surface area (Å²) in [4.78, 5) is 14.2. The lowest BCUT2D eigenvalue weighted by molar-refractivity contribution is -0.136. The number of rotatable bonds is 4. The lowest BCUT2D eigenvalue weighted by Crippen LogP contribution is -2.10. The first-order chi connectivity index (χ1) is 7.47. The predicted octanol–water partition coefficient (Wildman–Crippen LogP) is 2.69. The van der Waals surface area contributed by atoms with Crippen molar-refractivity contribution in [3.05, 3.63) is 28.6 Å². The highest BCUT2D eigenvalue weighted by atomic mass is 35.5. The van der Waals surface area contributed by atoms with Gasteiger partial charge in [0.1, 0.15) is 0 Å². The molecule has 3 nitrogen and oxygen atoms in total. The molecule has 16 heavy (non-hydrogen) atoms. The van der Waals surface area contributed by atoms with Crippen LogP contribution in [0, 0.1) is 6.92 Å². The van der Waals surface area contributed by atoms with Crippen LogP contribution in [0.4, 0.5) is 8.78 Å². The van der Waals surface area contributed by atoms with Crippen LogP contribution >= 0.6 is 11.6 Å². The number of alkyl halides is 3. The first kappa shape index (κ1) is 12.8. The second kappa shape index (κ2) is 5.21. The second-order valence-electron chi connectivity index (χ2n) is 3.28. The van der Waals surface area contributed by atoms with E-state index in [4.69, 9.17) is 16.7 Å². The van der Waals surface area contributed by atoms with E-state index in [1.165, 1.54) is 6.20 Å². The molecule has 0 amide bonds. The predicted molar refractivity (Wildman–Crippen MR) is 54.8 cm³/mol. The molecule has 1 aromatic heterocycles. The molecule has 0 aromatic carbocycles. The van der Waals surface area contributed by atoms with Gasteiger partial charge >= 0.3 is 5.97 Å². The van der Waals surface area contributed by atoms with E-state index in [0.717, 1.165) is 0 Å². The van der Waals surface area contributed by atoms with Crippen LogP contribution in [0.3, 0.4) is 0 Å². The van der Waals surface area contributed by atoms with Crippen LogP contribution in [0.15, 0.2) is 6.20 Å². The van der Waals surface area contributed by atoms with Crippen LogP contribution < -0.4 is 0 Å². The van der Waals surface area contributed by atoms with E-state index in [9.17, 15) is 13.6 Å². The molecule has 1 rings (SSSR count). The molecule has 0 fully saturated rings. The average molecular weight is 250 g/mol. The molecule has 1 aromatic rings. The van der Waals surface area contributed by atoms with Gasteiger partial charge in [0.15, 0.2) is 0 Å². The fraction of sp³-hybridized carbons (Fsp3) is 0.400. The van der Waals surface area contributed by atoms with E-state index in [2.05, 4.69) is 4.98 Å². The minimum absolute atomic E-state index is 0.0827. The maximum absolute atomic E-state index is 12.8. The van der Waals surface area contributed by atoms with Crippen LogP contribution in [0.2, 0.25) is 0 Å². The van der Waals surface area contributed by atoms with E-state index >= 15 is 0 Å². The molecule has 0 atom stereocenters. The highest BCUT2D eigenvalue weighted by Crippen LogP contribution is 2.29. The normalized spacial score (nSPS) is 10.8. The van der Waals surface area contributed by atoms with Gasteiger partial charge in [-0.2, -0.15) is 0 Å². The van der Waals surface area contributed by atoms with Crippen molar-refractivity contribution in [1.82, 2.24) is 4.98 Å². The van der Waals surface area contributed by atoms with Gasteiger partial charge in [-0.05, 0) is 18.1 Å². The lowest BCUT2D eigenvalue weighted by atomic mass is 10.0. The summed E-state index contributed by atoms with van der Waals surface area (Å²) in [7, 11) is 0. The molecule has 0 aliphatic heterocycles. The Bertz CT molecular complexity index is 410. The van der Waals surface area contributed by atoms with Crippen LogP contribution in [-0.4, -0.2) is 16.1 Å². The molecule has 0 aliphatic rings. The summed E-state index contributed by atoms with van der Waals surface area (Å²) >= 11 is 5.58. The van der Waals surface area contributed by atoms with Gasteiger partial charge in [-0.15, -0.1) is 11.6 Å². The van der Waals surface area contributed by atoms with Crippen molar-refractivity contribution in [1.29, 1.82) is 0 Å². The van der Waals surface area contributed by atoms with E-state index < -0.39 is 18.8 Å². The Kier molecular flexibility index (Phi) is 4.18. The van der Waals surface area contributed by atoms with Crippen molar-refractivity contribution >= 4 is 17.6 Å². The van der Waals surface area contributed by atoms with E-state index in [-0.39, 0.29) is 22.7 Å². The molecular weight excluding hydrogens is 240 g/mol. The van der Waals surface area contributed by atoms with Crippen molar-refractivity contribution in [2.24, 2.45) is 0 Å². The number of carbonyl (C=O) groups is 1. The van der Waals surface area contributed by atoms with Crippen LogP contribution in [0.5, 0.6) is 0 Å². The topological polar surface area (TPSA) is 50.2 Å². The summed E-state index contributed by atoms with van der Waals surface area (Å²) in [5.74, 6) is -1.28. The van der Waals surface area contributed by atoms with Gasteiger partial charge in [0.25, 0.3) is 6.43 Å². The Morgan fingerprint density at radius 3 is 2.69 bits per heavy atom. The largest absolute Gasteiger partial charge is 0.481 e. The van der Waals surface area contributed by atoms with Gasteiger partial charge in [0.2, 0.25) is 0 Å². The number of carboxylic acids is 1. The number of aryl methyl sites for hydroxylation is 1. The molecule has 6 heteroatoms. The third kappa shape index (κ3) is 2.66. The van der Waals surface area contributed by atoms with Crippen LogP contribution in [-0.2, 0) is 17.1 Å². The Hall–Kier alpha value is -1.23. The van der Waals surface area contributed by atoms with Crippen molar-refractivity contribution in [2.45, 2.75) is 25.7 Å². The molecule has 0 aliphatic carbocycles. The Morgan fingerprint density at radius 1 is 1.62 bits per heavy atom. The number of aliphatic carboxylic acids is 1. The van der Waals surface area contributed by atoms with Crippen molar-refractivity contribution in [2.75, 3.05) is 0 Å². The number of halogens is 3. The summed E-state index contributed by atoms with van der Waals surface area (Å²) in [6, 6.07) is 0. The number of aromatic nitrogens is 1. The zero-order valence-electron chi connectivity index (χ0n) is 8.51. The molecule has 1 N–H and O–H groups in total. The highest BCUT2D eigenvalue weighted by molar-refractivity contribution is 6.17. The number of nitrogens with zero attached hydrogens (tertiary/aromatic N) is 1. The number of hydrogen-bond acceptors (Lipinski definition) is 2. The van der Waals surface area contributed by atoms with Crippen LogP contribution in [0.25, 0.3) is 0 Å². The Morgan fingerprint density at radius 2 is 2.25 bits per heavy atom. The van der Waals surface area contributed by atoms with Gasteiger partial charge in [0.05, 0.1) is 12.1 Å². The molecule has 0 radical (unpaired) electrons. The third-order valence-electron chi connectivity index (χ3n) is 2.20. The van der Waals surface area contributed by atoms with Gasteiger partial charge in [0, 0.05) is 17.6 Å². The minimum Gasteiger partial charge on any atom is -0.481 e. The zero-order valence-corrected chi connectivity index (χ0v) is 9.26. The first-order valence-electron chi connectivity index (χ1n) is 4.50. The molecule has 0 saturated heterocycles. The van der Waals surface area contributed by atoms with Gasteiger partial charge in [-0.25, -0.2) is 8.78 Å². The Balaban J connectivity index is 3.32. The average Bonchev–Trinajstić information content (AvgIpc) is 2.18. The Labute approximate surface area is 96.1 Å². The molecule has 0 spiro atoms. The summed E-state index contributed by atoms with van der Waals surface area (Å²) in [5, 5.41) is 8.59. The fourth-order valence-electron chi connectivity index (χ4n) is 1.43. The summed E-state index contributed by atoms with van der Waals surface area (Å²) in [6.07, 6.45) is -1.93. The quantitative estimate of drug-likeness (QED) is 0.835. The lowest BCUT2D eigenvalue weighted by Gasteiger charge is -2.13. The van der Waals surface area contributed by atoms with E-state index in [1.54, 1.807) is 6.92 Å². The molecule has 1 heterocycles. The van der Waals surface area contributed by atoms with Crippen molar-refractivity contribution in [3.63, 3.8) is 0 Å². The second-order valence-corrected chi connectivity index (χ2v) is 3.55. The van der Waals surface area contributed by atoms with Crippen molar-refractivity contribution < 1.29 is 18.7 Å². The number of hydrogen-bond donors (Lipinski definition) is 1. The highest BCUT2D eigenvalue weighted by Gasteiger charge is 2.21. The minimum atomic E-state index is -2.77. The SMILES string of the molecule is Cc1cnc(CC(=O)O)c(C(F)F)c1CCl. The fourth-order valence-corrected chi connectivity index (χ4v) is 1.78. The molecule has 0 unspecified atom stereocenters. The first-order valence-corrected chi connectivity index (χ1v) is 5.04.